The first-order chi connectivity index (χ1) is 6.33. The predicted molar refractivity (Wildman–Crippen MR) is 56.9 cm³/mol. The van der Waals surface area contributed by atoms with Crippen LogP contribution in [0.1, 0.15) is 47.0 Å². The molecule has 1 rings (SSSR count). The highest BCUT2D eigenvalue weighted by molar-refractivity contribution is 5.76. The van der Waals surface area contributed by atoms with Crippen LogP contribution in [-0.2, 0) is 9.53 Å². The molecule has 80 valence electrons. The van der Waals surface area contributed by atoms with E-state index < -0.39 is 5.41 Å². The molecule has 0 fully saturated rings. The zero-order valence-electron chi connectivity index (χ0n) is 9.59. The van der Waals surface area contributed by atoms with Gasteiger partial charge in [-0.15, -0.1) is 0 Å². The molecule has 0 aromatic rings. The van der Waals surface area contributed by atoms with E-state index in [2.05, 4.69) is 6.08 Å². The van der Waals surface area contributed by atoms with Gasteiger partial charge < -0.3 is 4.74 Å². The van der Waals surface area contributed by atoms with E-state index in [1.165, 1.54) is 0 Å². The Labute approximate surface area is 86.3 Å². The van der Waals surface area contributed by atoms with Gasteiger partial charge in [-0.1, -0.05) is 6.08 Å². The Morgan fingerprint density at radius 2 is 2.07 bits per heavy atom. The van der Waals surface area contributed by atoms with Gasteiger partial charge in [-0.2, -0.15) is 0 Å². The van der Waals surface area contributed by atoms with Gasteiger partial charge in [-0.25, -0.2) is 0 Å². The van der Waals surface area contributed by atoms with Crippen LogP contribution in [0.3, 0.4) is 0 Å². The summed E-state index contributed by atoms with van der Waals surface area (Å²) in [6, 6.07) is 0. The Hall–Kier alpha value is -0.790. The first kappa shape index (κ1) is 11.3. The fourth-order valence-electron chi connectivity index (χ4n) is 1.44. The molecule has 0 saturated carbocycles. The quantitative estimate of drug-likeness (QED) is 0.476. The van der Waals surface area contributed by atoms with E-state index in [1.54, 1.807) is 0 Å². The third-order valence-electron chi connectivity index (χ3n) is 2.45. The third kappa shape index (κ3) is 2.86. The second-order valence-electron chi connectivity index (χ2n) is 5.25. The second kappa shape index (κ2) is 3.76. The molecule has 14 heavy (non-hydrogen) atoms. The van der Waals surface area contributed by atoms with Gasteiger partial charge in [-0.05, 0) is 53.0 Å². The van der Waals surface area contributed by atoms with Crippen LogP contribution >= 0.6 is 0 Å². The van der Waals surface area contributed by atoms with Gasteiger partial charge >= 0.3 is 5.97 Å². The smallest absolute Gasteiger partial charge is 0.312 e. The zero-order chi connectivity index (χ0) is 10.8. The molecule has 0 spiro atoms. The highest BCUT2D eigenvalue weighted by Gasteiger charge is 2.32. The van der Waals surface area contributed by atoms with Gasteiger partial charge in [-0.3, -0.25) is 4.79 Å². The van der Waals surface area contributed by atoms with Crippen LogP contribution in [0.15, 0.2) is 12.2 Å². The number of carbonyl (C=O) groups is 1. The number of hydrogen-bond donors (Lipinski definition) is 0. The molecule has 0 aromatic carbocycles. The summed E-state index contributed by atoms with van der Waals surface area (Å²) in [5.74, 6) is -0.119. The summed E-state index contributed by atoms with van der Waals surface area (Å²) in [6.07, 6.45) is 7.25. The van der Waals surface area contributed by atoms with Gasteiger partial charge in [0.15, 0.2) is 0 Å². The van der Waals surface area contributed by atoms with Crippen molar-refractivity contribution in [2.45, 2.75) is 52.6 Å². The standard InChI is InChI=1S/C12H20O2/c1-11(2,3)10(13)14-12(4)8-6-5-7-9-12/h6,8H,5,7,9H2,1-4H3. The van der Waals surface area contributed by atoms with Crippen LogP contribution in [0.25, 0.3) is 0 Å². The van der Waals surface area contributed by atoms with Crippen molar-refractivity contribution < 1.29 is 9.53 Å². The molecule has 2 nitrogen and oxygen atoms in total. The lowest BCUT2D eigenvalue weighted by Crippen LogP contribution is -2.36. The van der Waals surface area contributed by atoms with Crippen LogP contribution in [0, 0.1) is 5.41 Å². The maximum absolute atomic E-state index is 11.7. The van der Waals surface area contributed by atoms with Gasteiger partial charge in [0.2, 0.25) is 0 Å². The van der Waals surface area contributed by atoms with Crippen LogP contribution in [0.5, 0.6) is 0 Å². The molecule has 0 amide bonds. The normalized spacial score (nSPS) is 27.4. The van der Waals surface area contributed by atoms with Crippen LogP contribution in [-0.4, -0.2) is 11.6 Å². The van der Waals surface area contributed by atoms with E-state index in [-0.39, 0.29) is 11.6 Å². The number of rotatable bonds is 1. The summed E-state index contributed by atoms with van der Waals surface area (Å²) in [7, 11) is 0. The first-order valence-corrected chi connectivity index (χ1v) is 5.25. The van der Waals surface area contributed by atoms with E-state index in [0.717, 1.165) is 19.3 Å². The van der Waals surface area contributed by atoms with Gasteiger partial charge in [0, 0.05) is 0 Å². The van der Waals surface area contributed by atoms with Crippen molar-refractivity contribution in [1.82, 2.24) is 0 Å². The van der Waals surface area contributed by atoms with Crippen molar-refractivity contribution in [1.29, 1.82) is 0 Å². The molecular weight excluding hydrogens is 176 g/mol. The van der Waals surface area contributed by atoms with Crippen molar-refractivity contribution in [3.63, 3.8) is 0 Å². The number of allylic oxidation sites excluding steroid dienone is 1. The Balaban J connectivity index is 2.63. The Kier molecular flexibility index (Phi) is 3.03. The molecule has 0 radical (unpaired) electrons. The molecule has 0 aliphatic heterocycles. The summed E-state index contributed by atoms with van der Waals surface area (Å²) in [5, 5.41) is 0. The van der Waals surface area contributed by atoms with Crippen molar-refractivity contribution in [2.24, 2.45) is 5.41 Å². The summed E-state index contributed by atoms with van der Waals surface area (Å²) >= 11 is 0. The van der Waals surface area contributed by atoms with Crippen LogP contribution < -0.4 is 0 Å². The molecule has 1 aliphatic rings. The summed E-state index contributed by atoms with van der Waals surface area (Å²) in [5.41, 5.74) is -0.781. The largest absolute Gasteiger partial charge is 0.455 e. The lowest BCUT2D eigenvalue weighted by atomic mass is 9.91. The Morgan fingerprint density at radius 1 is 1.43 bits per heavy atom. The summed E-state index contributed by atoms with van der Waals surface area (Å²) in [4.78, 5) is 11.7. The van der Waals surface area contributed by atoms with E-state index in [0.29, 0.717) is 0 Å². The lowest BCUT2D eigenvalue weighted by molar-refractivity contribution is -0.164. The Bertz CT molecular complexity index is 248. The minimum atomic E-state index is -0.408. The predicted octanol–water partition coefficient (Wildman–Crippen LogP) is 3.07. The van der Waals surface area contributed by atoms with E-state index in [4.69, 9.17) is 4.74 Å². The van der Waals surface area contributed by atoms with E-state index in [9.17, 15) is 4.79 Å². The average molecular weight is 196 g/mol. The maximum atomic E-state index is 11.7. The number of carbonyl (C=O) groups excluding carboxylic acids is 1. The Morgan fingerprint density at radius 3 is 2.50 bits per heavy atom. The van der Waals surface area contributed by atoms with Gasteiger partial charge in [0.25, 0.3) is 0 Å². The molecule has 1 aliphatic carbocycles. The summed E-state index contributed by atoms with van der Waals surface area (Å²) in [6.45, 7) is 7.62. The molecule has 0 bridgehead atoms. The zero-order valence-corrected chi connectivity index (χ0v) is 9.59. The topological polar surface area (TPSA) is 26.3 Å². The fourth-order valence-corrected chi connectivity index (χ4v) is 1.44. The van der Waals surface area contributed by atoms with Gasteiger partial charge in [0.1, 0.15) is 5.60 Å². The number of hydrogen-bond acceptors (Lipinski definition) is 2. The highest BCUT2D eigenvalue weighted by Crippen LogP contribution is 2.28. The van der Waals surface area contributed by atoms with Crippen molar-refractivity contribution in [3.05, 3.63) is 12.2 Å². The molecule has 0 aromatic heterocycles. The van der Waals surface area contributed by atoms with E-state index in [1.807, 2.05) is 33.8 Å². The number of ether oxygens (including phenoxy) is 1. The second-order valence-corrected chi connectivity index (χ2v) is 5.25. The molecule has 0 heterocycles. The van der Waals surface area contributed by atoms with Crippen molar-refractivity contribution in [2.75, 3.05) is 0 Å². The molecule has 0 saturated heterocycles. The monoisotopic (exact) mass is 196 g/mol. The minimum Gasteiger partial charge on any atom is -0.455 e. The lowest BCUT2D eigenvalue weighted by Gasteiger charge is -2.31. The first-order valence-electron chi connectivity index (χ1n) is 5.25. The van der Waals surface area contributed by atoms with Crippen LogP contribution in [0.4, 0.5) is 0 Å². The fraction of sp³-hybridized carbons (Fsp3) is 0.750. The van der Waals surface area contributed by atoms with Crippen molar-refractivity contribution >= 4 is 5.97 Å². The minimum absolute atomic E-state index is 0.119. The molecule has 1 unspecified atom stereocenters. The molecule has 1 atom stereocenters. The average Bonchev–Trinajstić information content (AvgIpc) is 2.02. The van der Waals surface area contributed by atoms with Gasteiger partial charge in [0.05, 0.1) is 5.41 Å². The van der Waals surface area contributed by atoms with Crippen molar-refractivity contribution in [3.8, 4) is 0 Å². The SMILES string of the molecule is CC1(OC(=O)C(C)(C)C)C=CCCC1. The number of esters is 1. The third-order valence-corrected chi connectivity index (χ3v) is 2.45. The molecule has 0 N–H and O–H groups in total. The maximum Gasteiger partial charge on any atom is 0.312 e. The van der Waals surface area contributed by atoms with E-state index >= 15 is 0 Å². The molecular formula is C12H20O2. The molecule has 2 heteroatoms. The van der Waals surface area contributed by atoms with Crippen LogP contribution in [0.2, 0.25) is 0 Å². The summed E-state index contributed by atoms with van der Waals surface area (Å²) < 4.78 is 5.52. The highest BCUT2D eigenvalue weighted by atomic mass is 16.6.